The first-order valence-corrected chi connectivity index (χ1v) is 39.4. The molecule has 0 radical (unpaired) electrons. The van der Waals surface area contributed by atoms with Crippen LogP contribution in [0.5, 0.6) is 6.01 Å². The molecule has 14 rings (SSSR count). The first-order valence-electron chi connectivity index (χ1n) is 36.1. The Kier molecular flexibility index (Phi) is 24.3. The van der Waals surface area contributed by atoms with Gasteiger partial charge in [-0.3, -0.25) is 42.8 Å². The van der Waals surface area contributed by atoms with Gasteiger partial charge < -0.3 is 34.8 Å². The smallest absolute Gasteiger partial charge is 0.297 e. The zero-order valence-corrected chi connectivity index (χ0v) is 60.5. The molecule has 0 bridgehead atoms. The normalized spacial score (nSPS) is 28.0. The highest BCUT2D eigenvalue weighted by Gasteiger charge is 2.64. The number of imidazole rings is 2. The number of aryl methyl sites for hydroxylation is 2. The van der Waals surface area contributed by atoms with Gasteiger partial charge in [0.05, 0.1) is 67.1 Å². The van der Waals surface area contributed by atoms with Crippen LogP contribution in [0.25, 0.3) is 22.1 Å². The summed E-state index contributed by atoms with van der Waals surface area (Å²) in [6, 6.07) is 32.4. The number of nitrogens with zero attached hydrogens (tertiary/aromatic N) is 6. The third-order valence-corrected chi connectivity index (χ3v) is 26.7. The van der Waals surface area contributed by atoms with Gasteiger partial charge in [0.25, 0.3) is 6.01 Å². The van der Waals surface area contributed by atoms with Gasteiger partial charge in [-0.25, -0.2) is 21.8 Å². The molecule has 5 N–H and O–H groups in total. The number of halogens is 1. The number of amides is 4. The van der Waals surface area contributed by atoms with Crippen molar-refractivity contribution < 1.29 is 55.4 Å². The van der Waals surface area contributed by atoms with Gasteiger partial charge in [-0.2, -0.15) is 4.98 Å². The number of para-hydroxylation sites is 6. The molecule has 4 saturated carbocycles. The number of aromatic nitrogens is 4. The number of ether oxygens (including phenoxy) is 1. The number of carbonyl (C=O) groups excluding carboxylic acids is 6. The van der Waals surface area contributed by atoms with Gasteiger partial charge in [-0.1, -0.05) is 126 Å². The number of ketones is 2. The van der Waals surface area contributed by atoms with Crippen LogP contribution in [0.3, 0.4) is 0 Å². The molecular formula is C78H103ClN10O12S2. The Hall–Kier alpha value is -7.93. The van der Waals surface area contributed by atoms with Crippen molar-refractivity contribution in [3.63, 3.8) is 0 Å². The number of rotatable bonds is 14. The van der Waals surface area contributed by atoms with Crippen molar-refractivity contribution in [2.45, 2.75) is 230 Å². The highest BCUT2D eigenvalue weighted by atomic mass is 35.5. The number of Topliss-reactive ketones (excluding diaryl/α,β-unsaturated/α-hetero) is 2. The second-order valence-corrected chi connectivity index (χ2v) is 34.1. The summed E-state index contributed by atoms with van der Waals surface area (Å²) < 4.78 is 65.2. The van der Waals surface area contributed by atoms with E-state index in [0.29, 0.717) is 69.2 Å². The number of aliphatic hydroxyl groups excluding tert-OH is 1. The molecule has 4 amide bonds. The number of carbonyl (C=O) groups is 6. The van der Waals surface area contributed by atoms with Crippen molar-refractivity contribution in [1.29, 1.82) is 0 Å². The van der Waals surface area contributed by atoms with Crippen molar-refractivity contribution in [3.8, 4) is 6.01 Å². The third-order valence-electron chi connectivity index (χ3n) is 22.1. The van der Waals surface area contributed by atoms with Crippen LogP contribution in [0.1, 0.15) is 171 Å². The molecule has 2 saturated heterocycles. The number of hydrogen-bond acceptors (Lipinski definition) is 16. The number of anilines is 2. The molecule has 6 aromatic rings. The van der Waals surface area contributed by atoms with Gasteiger partial charge in [-0.05, 0) is 177 Å². The molecule has 8 aliphatic rings. The van der Waals surface area contributed by atoms with Crippen molar-refractivity contribution >= 4 is 100 Å². The Balaban J connectivity index is 0.000000191. The zero-order chi connectivity index (χ0) is 71.5. The minimum absolute atomic E-state index is 0. The van der Waals surface area contributed by atoms with Gasteiger partial charge in [-0.15, -0.1) is 0 Å². The van der Waals surface area contributed by atoms with Gasteiger partial charge in [0, 0.05) is 56.7 Å². The van der Waals surface area contributed by atoms with Crippen LogP contribution in [0.15, 0.2) is 133 Å². The lowest BCUT2D eigenvalue weighted by Gasteiger charge is -2.30. The summed E-state index contributed by atoms with van der Waals surface area (Å²) >= 11 is 5.92. The Labute approximate surface area is 611 Å². The van der Waals surface area contributed by atoms with E-state index in [2.05, 4.69) is 38.1 Å². The maximum Gasteiger partial charge on any atom is 0.297 e. The molecule has 103 heavy (non-hydrogen) atoms. The van der Waals surface area contributed by atoms with Gasteiger partial charge >= 0.3 is 0 Å². The van der Waals surface area contributed by atoms with E-state index in [9.17, 15) is 50.7 Å². The number of allylic oxidation sites excluding steroid dienone is 4. The molecule has 2 aromatic heterocycles. The lowest BCUT2D eigenvalue weighted by atomic mass is 9.91. The molecule has 0 unspecified atom stereocenters. The highest BCUT2D eigenvalue weighted by Crippen LogP contribution is 2.59. The van der Waals surface area contributed by atoms with Gasteiger partial charge in [0.2, 0.25) is 49.0 Å². The second-order valence-electron chi connectivity index (χ2n) is 29.4. The first kappa shape index (κ1) is 77.7. The molecule has 6 heterocycles. The average Bonchev–Trinajstić information content (AvgIpc) is 1.57. The summed E-state index contributed by atoms with van der Waals surface area (Å²) in [7, 11) is -7.74. The van der Waals surface area contributed by atoms with Crippen molar-refractivity contribution in [3.05, 3.63) is 139 Å². The van der Waals surface area contributed by atoms with Crippen molar-refractivity contribution in [2.75, 3.05) is 23.7 Å². The van der Waals surface area contributed by atoms with Crippen LogP contribution in [-0.2, 0) is 61.9 Å². The first-order chi connectivity index (χ1) is 48.4. The van der Waals surface area contributed by atoms with E-state index in [1.165, 1.54) is 4.90 Å². The monoisotopic (exact) mass is 1470 g/mol. The molecule has 556 valence electrons. The highest BCUT2D eigenvalue weighted by molar-refractivity contribution is 7.92. The van der Waals surface area contributed by atoms with Crippen LogP contribution in [0.2, 0.25) is 5.28 Å². The molecule has 0 spiro atoms. The summed E-state index contributed by atoms with van der Waals surface area (Å²) in [6.07, 6.45) is 17.6. The number of sulfonamides is 2. The summed E-state index contributed by atoms with van der Waals surface area (Å²) in [4.78, 5) is 95.9. The molecule has 25 heteroatoms. The predicted molar refractivity (Wildman–Crippen MR) is 402 cm³/mol. The van der Waals surface area contributed by atoms with Gasteiger partial charge in [0.1, 0.15) is 18.2 Å². The van der Waals surface area contributed by atoms with E-state index < -0.39 is 88.6 Å². The summed E-state index contributed by atoms with van der Waals surface area (Å²) in [5, 5.41) is 17.8. The fourth-order valence-electron chi connectivity index (χ4n) is 14.9. The van der Waals surface area contributed by atoms with E-state index in [1.807, 2.05) is 143 Å². The standard InChI is InChI=1S/C38H47N5O6S.C29H39N3O6S.C9H9ClN2.2CH4/c1-3-42-31-19-13-12-17-29(31)40-36(42)49-28-22-32-33(44)24-38(35(46)41-50(47,48)37(2)20-21-37)23-26(38)14-8-5-4-6-11-18-30(34(45)43(32)25-28)39-27-15-9-7-10-16-27;1-28(14-15-28)39(37,38)31-27(36)29-17-20(29)10-6-3-2-4-9-13-23(30-21-11-7-5-8-12-21)26(35)32-19-22(33)16-24(32)25(34)18-29;1-2-12-8-6-4-3-5-7(8)11-9(12)10;;/h7-10,12-17,19,26,28,30,32,39H,3-6,11,18,20-25H2,1-2H3,(H,41,46);5-8,10-12,20,22-24,30,33H,2-4,9,13-19H2,1H3,(H,31,36);3-6H,2H2,1H3;2*1H4/b14-8-;10-6-;;;/t26-,28-,30+,32+,38-;20-,22-,23+,24+,29-;;;/m11.../s1. The van der Waals surface area contributed by atoms with Gasteiger partial charge in [0.15, 0.2) is 11.6 Å². The largest absolute Gasteiger partial charge is 0.459 e. The van der Waals surface area contributed by atoms with Crippen LogP contribution in [0.4, 0.5) is 11.4 Å². The Morgan fingerprint density at radius 3 is 1.47 bits per heavy atom. The molecular weight excluding hydrogens is 1370 g/mol. The van der Waals surface area contributed by atoms with E-state index in [4.69, 9.17) is 21.3 Å². The van der Waals surface area contributed by atoms with Crippen LogP contribution in [0, 0.1) is 22.7 Å². The lowest BCUT2D eigenvalue weighted by molar-refractivity contribution is -0.140. The van der Waals surface area contributed by atoms with Crippen molar-refractivity contribution in [2.24, 2.45) is 22.7 Å². The molecule has 4 aromatic carbocycles. The van der Waals surface area contributed by atoms with Crippen LogP contribution >= 0.6 is 11.6 Å². The maximum absolute atomic E-state index is 14.6. The third kappa shape index (κ3) is 17.1. The Morgan fingerprint density at radius 1 is 0.573 bits per heavy atom. The minimum Gasteiger partial charge on any atom is -0.459 e. The molecule has 4 aliphatic carbocycles. The summed E-state index contributed by atoms with van der Waals surface area (Å²) in [5.41, 5.74) is 3.09. The number of fused-ring (bicyclic) bond motifs is 6. The maximum atomic E-state index is 14.6. The lowest BCUT2D eigenvalue weighted by Crippen LogP contribution is -2.49. The van der Waals surface area contributed by atoms with E-state index >= 15 is 0 Å². The number of benzene rings is 4. The predicted octanol–water partition coefficient (Wildman–Crippen LogP) is 12.3. The fraction of sp³-hybridized carbons (Fsp3) is 0.538. The minimum atomic E-state index is -3.89. The van der Waals surface area contributed by atoms with E-state index in [1.54, 1.807) is 18.7 Å². The molecule has 22 nitrogen and oxygen atoms in total. The number of aliphatic hydroxyl groups is 1. The quantitative estimate of drug-likeness (QED) is 0.0633. The molecule has 4 aliphatic heterocycles. The van der Waals surface area contributed by atoms with E-state index in [0.717, 1.165) is 91.4 Å². The van der Waals surface area contributed by atoms with Crippen LogP contribution in [-0.4, -0.2) is 145 Å². The summed E-state index contributed by atoms with van der Waals surface area (Å²) in [6.45, 7) is 9.06. The van der Waals surface area contributed by atoms with Crippen LogP contribution < -0.4 is 24.8 Å². The number of hydrogen-bond donors (Lipinski definition) is 5. The summed E-state index contributed by atoms with van der Waals surface area (Å²) in [5.74, 6) is -2.76. The zero-order valence-electron chi connectivity index (χ0n) is 58.1. The fourth-order valence-corrected chi connectivity index (χ4v) is 17.9. The Morgan fingerprint density at radius 2 is 1.00 bits per heavy atom. The second kappa shape index (κ2) is 32.2. The SMILES string of the molecule is C.C.CC1(S(=O)(=O)NC(=O)[C@]23CC(=O)[C@@H]4C[C@@H](O)CN4C(=O)[C@@H](Nc4ccccc4)CCCCC/C=C\[C@@H]2C3)CC1.CCn1c(Cl)nc2ccccc21.CCn1c(O[C@@H]2C[C@H]3C(=O)C[C@]4(C(=O)NS(=O)(=O)C5(C)CC5)C[C@H]4/C=C\CCCCC[C@H](Nc4ccccc4)C(=O)N3C2)nc2ccccc21. The topological polar surface area (TPSA) is 290 Å². The van der Waals surface area contributed by atoms with Crippen molar-refractivity contribution in [1.82, 2.24) is 38.3 Å². The average molecular weight is 1470 g/mol. The Bertz CT molecular complexity index is 4350. The number of nitrogens with one attached hydrogen (secondary N) is 4. The molecule has 10 atom stereocenters. The van der Waals surface area contributed by atoms with E-state index in [-0.39, 0.29) is 88.8 Å². The molecule has 6 fully saturated rings.